The maximum absolute atomic E-state index is 12.8. The molecule has 0 radical (unpaired) electrons. The number of alkyl halides is 2. The highest BCUT2D eigenvalue weighted by Crippen LogP contribution is 2.28. The summed E-state index contributed by atoms with van der Waals surface area (Å²) in [5.41, 5.74) is 0.952. The minimum atomic E-state index is -2.38. The van der Waals surface area contributed by atoms with E-state index < -0.39 is 6.43 Å². The van der Waals surface area contributed by atoms with Gasteiger partial charge in [0.1, 0.15) is 0 Å². The molecule has 1 fully saturated rings. The average Bonchev–Trinajstić information content (AvgIpc) is 2.70. The SMILES string of the molecule is FC(F)c1ccc(Br)cc1CC1CCNC1. The standard InChI is InChI=1S/C12H14BrF2N/c13-10-1-2-11(12(14)15)9(6-10)5-8-3-4-16-7-8/h1-2,6,8,12,16H,3-5,7H2. The van der Waals surface area contributed by atoms with Gasteiger partial charge in [-0.1, -0.05) is 22.0 Å². The van der Waals surface area contributed by atoms with Crippen molar-refractivity contribution < 1.29 is 8.78 Å². The van der Waals surface area contributed by atoms with Crippen LogP contribution in [0.3, 0.4) is 0 Å². The van der Waals surface area contributed by atoms with Crippen LogP contribution in [0.2, 0.25) is 0 Å². The van der Waals surface area contributed by atoms with E-state index in [-0.39, 0.29) is 5.56 Å². The van der Waals surface area contributed by atoms with E-state index in [0.29, 0.717) is 5.92 Å². The van der Waals surface area contributed by atoms with Crippen molar-refractivity contribution in [2.75, 3.05) is 13.1 Å². The van der Waals surface area contributed by atoms with Gasteiger partial charge < -0.3 is 5.32 Å². The molecule has 1 aromatic rings. The van der Waals surface area contributed by atoms with Crippen LogP contribution < -0.4 is 5.32 Å². The van der Waals surface area contributed by atoms with E-state index in [0.717, 1.165) is 36.0 Å². The Kier molecular flexibility index (Phi) is 3.92. The first-order chi connectivity index (χ1) is 7.66. The third-order valence-electron chi connectivity index (χ3n) is 3.01. The molecule has 4 heteroatoms. The molecule has 1 aliphatic heterocycles. The van der Waals surface area contributed by atoms with Gasteiger partial charge in [0.25, 0.3) is 6.43 Å². The van der Waals surface area contributed by atoms with E-state index in [1.54, 1.807) is 6.07 Å². The number of halogens is 3. The van der Waals surface area contributed by atoms with E-state index in [1.807, 2.05) is 6.07 Å². The molecule has 1 aromatic carbocycles. The normalized spacial score (nSPS) is 20.6. The Morgan fingerprint density at radius 1 is 1.44 bits per heavy atom. The molecule has 0 aromatic heterocycles. The summed E-state index contributed by atoms with van der Waals surface area (Å²) >= 11 is 3.33. The lowest BCUT2D eigenvalue weighted by atomic mass is 9.95. The minimum Gasteiger partial charge on any atom is -0.316 e. The Morgan fingerprint density at radius 2 is 2.25 bits per heavy atom. The van der Waals surface area contributed by atoms with Crippen LogP contribution in [0.1, 0.15) is 24.0 Å². The fourth-order valence-electron chi connectivity index (χ4n) is 2.16. The fraction of sp³-hybridized carbons (Fsp3) is 0.500. The Hall–Kier alpha value is -0.480. The first kappa shape index (κ1) is 12.0. The second-order valence-corrected chi connectivity index (χ2v) is 5.12. The molecule has 1 unspecified atom stereocenters. The highest BCUT2D eigenvalue weighted by atomic mass is 79.9. The molecular weight excluding hydrogens is 276 g/mol. The quantitative estimate of drug-likeness (QED) is 0.898. The van der Waals surface area contributed by atoms with E-state index in [2.05, 4.69) is 21.2 Å². The highest BCUT2D eigenvalue weighted by molar-refractivity contribution is 9.10. The van der Waals surface area contributed by atoms with Crippen LogP contribution >= 0.6 is 15.9 Å². The number of rotatable bonds is 3. The summed E-state index contributed by atoms with van der Waals surface area (Å²) in [7, 11) is 0. The summed E-state index contributed by atoms with van der Waals surface area (Å²) in [5.74, 6) is 0.492. The first-order valence-corrected chi connectivity index (χ1v) is 6.23. The zero-order chi connectivity index (χ0) is 11.5. The molecule has 1 N–H and O–H groups in total. The zero-order valence-corrected chi connectivity index (χ0v) is 10.4. The number of nitrogens with one attached hydrogen (secondary N) is 1. The van der Waals surface area contributed by atoms with Crippen LogP contribution in [-0.2, 0) is 6.42 Å². The lowest BCUT2D eigenvalue weighted by Gasteiger charge is -2.13. The van der Waals surface area contributed by atoms with Crippen molar-refractivity contribution in [3.63, 3.8) is 0 Å². The monoisotopic (exact) mass is 289 g/mol. The third kappa shape index (κ3) is 2.80. The molecular formula is C12H14BrF2N. The molecule has 0 saturated carbocycles. The van der Waals surface area contributed by atoms with Gasteiger partial charge in [-0.05, 0) is 49.5 Å². The molecule has 0 aliphatic carbocycles. The molecule has 1 nitrogen and oxygen atoms in total. The Bertz CT molecular complexity index is 362. The van der Waals surface area contributed by atoms with E-state index in [4.69, 9.17) is 0 Å². The molecule has 16 heavy (non-hydrogen) atoms. The van der Waals surface area contributed by atoms with Gasteiger partial charge in [0, 0.05) is 10.0 Å². The Morgan fingerprint density at radius 3 is 2.88 bits per heavy atom. The molecule has 1 saturated heterocycles. The van der Waals surface area contributed by atoms with Crippen molar-refractivity contribution in [3.8, 4) is 0 Å². The first-order valence-electron chi connectivity index (χ1n) is 5.44. The largest absolute Gasteiger partial charge is 0.316 e. The van der Waals surface area contributed by atoms with Gasteiger partial charge in [-0.3, -0.25) is 0 Å². The van der Waals surface area contributed by atoms with Gasteiger partial charge >= 0.3 is 0 Å². The van der Waals surface area contributed by atoms with Crippen molar-refractivity contribution >= 4 is 15.9 Å². The zero-order valence-electron chi connectivity index (χ0n) is 8.85. The highest BCUT2D eigenvalue weighted by Gasteiger charge is 2.19. The summed E-state index contributed by atoms with van der Waals surface area (Å²) in [6.45, 7) is 1.94. The number of hydrogen-bond acceptors (Lipinski definition) is 1. The molecule has 0 spiro atoms. The molecule has 0 amide bonds. The molecule has 1 atom stereocenters. The van der Waals surface area contributed by atoms with E-state index >= 15 is 0 Å². The summed E-state index contributed by atoms with van der Waals surface area (Å²) in [4.78, 5) is 0. The van der Waals surface area contributed by atoms with Crippen LogP contribution in [0.4, 0.5) is 8.78 Å². The predicted octanol–water partition coefficient (Wildman–Crippen LogP) is 3.54. The summed E-state index contributed by atoms with van der Waals surface area (Å²) in [5, 5.41) is 3.26. The van der Waals surface area contributed by atoms with Gasteiger partial charge in [0.05, 0.1) is 0 Å². The smallest absolute Gasteiger partial charge is 0.264 e. The van der Waals surface area contributed by atoms with Gasteiger partial charge in [-0.2, -0.15) is 0 Å². The van der Waals surface area contributed by atoms with Crippen LogP contribution in [0.5, 0.6) is 0 Å². The molecule has 88 valence electrons. The lowest BCUT2D eigenvalue weighted by molar-refractivity contribution is 0.150. The summed E-state index contributed by atoms with van der Waals surface area (Å²) in [6, 6.07) is 5.02. The number of benzene rings is 1. The van der Waals surface area contributed by atoms with Crippen molar-refractivity contribution in [1.82, 2.24) is 5.32 Å². The molecule has 0 bridgehead atoms. The van der Waals surface area contributed by atoms with Gasteiger partial charge in [-0.25, -0.2) is 8.78 Å². The fourth-order valence-corrected chi connectivity index (χ4v) is 2.57. The van der Waals surface area contributed by atoms with Gasteiger partial charge in [-0.15, -0.1) is 0 Å². The maximum Gasteiger partial charge on any atom is 0.264 e. The second-order valence-electron chi connectivity index (χ2n) is 4.21. The Labute approximate surface area is 102 Å². The third-order valence-corrected chi connectivity index (χ3v) is 3.50. The van der Waals surface area contributed by atoms with Crippen molar-refractivity contribution in [3.05, 3.63) is 33.8 Å². The van der Waals surface area contributed by atoms with Crippen LogP contribution in [0.25, 0.3) is 0 Å². The second kappa shape index (κ2) is 5.23. The van der Waals surface area contributed by atoms with E-state index in [1.165, 1.54) is 6.07 Å². The van der Waals surface area contributed by atoms with Crippen LogP contribution in [0, 0.1) is 5.92 Å². The maximum atomic E-state index is 12.8. The average molecular weight is 290 g/mol. The molecule has 1 aliphatic rings. The Balaban J connectivity index is 2.19. The van der Waals surface area contributed by atoms with Crippen LogP contribution in [-0.4, -0.2) is 13.1 Å². The van der Waals surface area contributed by atoms with Gasteiger partial charge in [0.2, 0.25) is 0 Å². The number of hydrogen-bond donors (Lipinski definition) is 1. The van der Waals surface area contributed by atoms with Crippen molar-refractivity contribution in [2.45, 2.75) is 19.3 Å². The van der Waals surface area contributed by atoms with Crippen LogP contribution in [0.15, 0.2) is 22.7 Å². The topological polar surface area (TPSA) is 12.0 Å². The van der Waals surface area contributed by atoms with Crippen molar-refractivity contribution in [2.24, 2.45) is 5.92 Å². The lowest BCUT2D eigenvalue weighted by Crippen LogP contribution is -2.11. The van der Waals surface area contributed by atoms with E-state index in [9.17, 15) is 8.78 Å². The van der Waals surface area contributed by atoms with Crippen molar-refractivity contribution in [1.29, 1.82) is 0 Å². The molecule has 2 rings (SSSR count). The molecule has 1 heterocycles. The minimum absolute atomic E-state index is 0.176. The summed E-state index contributed by atoms with van der Waals surface area (Å²) < 4.78 is 26.5. The summed E-state index contributed by atoms with van der Waals surface area (Å²) in [6.07, 6.45) is -0.557. The predicted molar refractivity (Wildman–Crippen MR) is 63.8 cm³/mol. The van der Waals surface area contributed by atoms with Gasteiger partial charge in [0.15, 0.2) is 0 Å².